The second-order valence-electron chi connectivity index (χ2n) is 11.1. The molecule has 0 spiro atoms. The molecule has 1 aromatic carbocycles. The maximum atomic E-state index is 13.3. The summed E-state index contributed by atoms with van der Waals surface area (Å²) in [5, 5.41) is 28.1. The van der Waals surface area contributed by atoms with Crippen molar-refractivity contribution >= 4 is 29.3 Å². The number of piperidine rings is 1. The third-order valence-corrected chi connectivity index (χ3v) is 8.72. The van der Waals surface area contributed by atoms with Gasteiger partial charge in [0.2, 0.25) is 5.95 Å². The summed E-state index contributed by atoms with van der Waals surface area (Å²) in [7, 11) is 0. The van der Waals surface area contributed by atoms with Gasteiger partial charge in [0.05, 0.1) is 22.9 Å². The summed E-state index contributed by atoms with van der Waals surface area (Å²) in [5.41, 5.74) is 8.62. The van der Waals surface area contributed by atoms with Crippen molar-refractivity contribution in [1.82, 2.24) is 25.1 Å². The largest absolute Gasteiger partial charge is 0.507 e. The molecule has 2 aromatic heterocycles. The van der Waals surface area contributed by atoms with E-state index in [1.807, 2.05) is 19.1 Å². The van der Waals surface area contributed by atoms with Gasteiger partial charge in [0.15, 0.2) is 5.82 Å². The molecule has 12 heteroatoms. The highest BCUT2D eigenvalue weighted by Gasteiger charge is 2.42. The molecule has 4 unspecified atom stereocenters. The molecule has 1 amide bonds. The predicted molar refractivity (Wildman–Crippen MR) is 153 cm³/mol. The smallest absolute Gasteiger partial charge is 0.306 e. The quantitative estimate of drug-likeness (QED) is 0.408. The van der Waals surface area contributed by atoms with Crippen molar-refractivity contribution in [3.05, 3.63) is 48.3 Å². The number of carbonyl (C=O) groups is 2. The van der Waals surface area contributed by atoms with Crippen LogP contribution in [-0.2, 0) is 4.79 Å². The van der Waals surface area contributed by atoms with Gasteiger partial charge in [-0.25, -0.2) is 9.97 Å². The van der Waals surface area contributed by atoms with Gasteiger partial charge in [0, 0.05) is 55.7 Å². The first-order valence-electron chi connectivity index (χ1n) is 14.1. The normalized spacial score (nSPS) is 24.0. The fourth-order valence-electron chi connectivity index (χ4n) is 6.55. The van der Waals surface area contributed by atoms with E-state index in [9.17, 15) is 19.8 Å². The van der Waals surface area contributed by atoms with Gasteiger partial charge in [0.25, 0.3) is 5.91 Å². The molecule has 4 atom stereocenters. The Morgan fingerprint density at radius 1 is 1.05 bits per heavy atom. The van der Waals surface area contributed by atoms with Crippen LogP contribution in [0.3, 0.4) is 0 Å². The maximum Gasteiger partial charge on any atom is 0.306 e. The third kappa shape index (κ3) is 4.98. The Labute approximate surface area is 237 Å². The molecular weight excluding hydrogens is 524 g/mol. The van der Waals surface area contributed by atoms with Crippen molar-refractivity contribution < 1.29 is 19.8 Å². The van der Waals surface area contributed by atoms with Gasteiger partial charge in [0.1, 0.15) is 5.75 Å². The zero-order chi connectivity index (χ0) is 28.7. The van der Waals surface area contributed by atoms with Gasteiger partial charge in [-0.15, -0.1) is 10.2 Å². The van der Waals surface area contributed by atoms with Gasteiger partial charge in [-0.1, -0.05) is 19.1 Å². The summed E-state index contributed by atoms with van der Waals surface area (Å²) >= 11 is 0. The predicted octanol–water partition coefficient (Wildman–Crippen LogP) is 2.79. The number of aliphatic carboxylic acids is 1. The van der Waals surface area contributed by atoms with Crippen LogP contribution in [0.1, 0.15) is 49.4 Å². The lowest BCUT2D eigenvalue weighted by Gasteiger charge is -2.42. The van der Waals surface area contributed by atoms with Crippen molar-refractivity contribution in [3.8, 4) is 17.0 Å². The summed E-state index contributed by atoms with van der Waals surface area (Å²) in [6, 6.07) is 9.12. The fraction of sp³-hybridized carbons (Fsp3) is 0.448. The van der Waals surface area contributed by atoms with Gasteiger partial charge in [-0.2, -0.15) is 0 Å². The van der Waals surface area contributed by atoms with E-state index < -0.39 is 11.9 Å². The number of fused-ring (bicyclic) bond motifs is 2. The first-order valence-corrected chi connectivity index (χ1v) is 14.1. The van der Waals surface area contributed by atoms with Crippen LogP contribution in [-0.4, -0.2) is 84.9 Å². The molecule has 0 radical (unpaired) electrons. The van der Waals surface area contributed by atoms with Crippen LogP contribution in [0, 0.1) is 5.92 Å². The van der Waals surface area contributed by atoms with Crippen LogP contribution < -0.4 is 15.5 Å². The van der Waals surface area contributed by atoms with E-state index in [0.717, 1.165) is 18.5 Å². The van der Waals surface area contributed by atoms with Crippen molar-refractivity contribution in [1.29, 1.82) is 0 Å². The average molecular weight is 559 g/mol. The minimum absolute atomic E-state index is 0.109. The molecular formula is C29H34N8O4. The zero-order valence-electron chi connectivity index (χ0n) is 22.9. The fourth-order valence-corrected chi connectivity index (χ4v) is 6.55. The number of likely N-dealkylation sites (tertiary alicyclic amines) is 1. The van der Waals surface area contributed by atoms with Gasteiger partial charge >= 0.3 is 5.97 Å². The number of aromatic nitrogens is 4. The number of aromatic hydroxyl groups is 1. The van der Waals surface area contributed by atoms with Gasteiger partial charge < -0.3 is 30.6 Å². The summed E-state index contributed by atoms with van der Waals surface area (Å²) in [6.07, 6.45) is 6.77. The van der Waals surface area contributed by atoms with Crippen molar-refractivity contribution in [2.24, 2.45) is 5.92 Å². The summed E-state index contributed by atoms with van der Waals surface area (Å²) in [4.78, 5) is 40.2. The number of nitrogens with two attached hydrogens (primary N) is 1. The van der Waals surface area contributed by atoms with Crippen LogP contribution in [0.5, 0.6) is 5.75 Å². The number of phenolic OH excluding ortho intramolecular Hbond substituents is 1. The molecule has 5 heterocycles. The highest BCUT2D eigenvalue weighted by molar-refractivity contribution is 5.94. The topological polar surface area (TPSA) is 162 Å². The highest BCUT2D eigenvalue weighted by atomic mass is 16.4. The Bertz CT molecular complexity index is 1440. The Hall–Kier alpha value is -4.48. The molecule has 3 aliphatic rings. The second kappa shape index (κ2) is 10.8. The van der Waals surface area contributed by atoms with Crippen LogP contribution in [0.15, 0.2) is 42.7 Å². The average Bonchev–Trinajstić information content (AvgIpc) is 3.25. The first kappa shape index (κ1) is 26.7. The Morgan fingerprint density at radius 2 is 1.76 bits per heavy atom. The molecule has 3 aromatic rings. The van der Waals surface area contributed by atoms with E-state index in [2.05, 4.69) is 30.0 Å². The minimum atomic E-state index is -0.795. The van der Waals surface area contributed by atoms with E-state index >= 15 is 0 Å². The van der Waals surface area contributed by atoms with E-state index in [4.69, 9.17) is 5.73 Å². The minimum Gasteiger partial charge on any atom is -0.507 e. The summed E-state index contributed by atoms with van der Waals surface area (Å²) in [5.74, 6) is -0.281. The van der Waals surface area contributed by atoms with Crippen molar-refractivity contribution in [3.63, 3.8) is 0 Å². The number of piperazine rings is 1. The van der Waals surface area contributed by atoms with Gasteiger partial charge in [-0.05, 0) is 50.3 Å². The molecule has 2 bridgehead atoms. The Balaban J connectivity index is 1.17. The molecule has 12 nitrogen and oxygen atoms in total. The number of hydrogen-bond donors (Lipinski definition) is 3. The van der Waals surface area contributed by atoms with Crippen molar-refractivity contribution in [2.75, 3.05) is 35.2 Å². The lowest BCUT2D eigenvalue weighted by atomic mass is 9.89. The number of hydrogen-bond acceptors (Lipinski definition) is 10. The SMILES string of the molecule is CCC1CC(C(=O)O)CCN1C(=O)c1cnc(N2C3CCC2CN(c2cc(-c4ccccc4O)nnc2N)C3)nc1. The number of carboxylic acids is 1. The van der Waals surface area contributed by atoms with Crippen LogP contribution >= 0.6 is 0 Å². The third-order valence-electron chi connectivity index (χ3n) is 8.72. The molecule has 3 fully saturated rings. The number of para-hydroxylation sites is 1. The number of carbonyl (C=O) groups excluding carboxylic acids is 1. The number of phenols is 1. The molecule has 6 rings (SSSR count). The Kier molecular flexibility index (Phi) is 7.06. The summed E-state index contributed by atoms with van der Waals surface area (Å²) in [6.45, 7) is 3.80. The number of carboxylic acid groups (broad SMARTS) is 1. The van der Waals surface area contributed by atoms with Crippen LogP contribution in [0.25, 0.3) is 11.3 Å². The zero-order valence-corrected chi connectivity index (χ0v) is 22.9. The second-order valence-corrected chi connectivity index (χ2v) is 11.1. The van der Waals surface area contributed by atoms with Gasteiger partial charge in [-0.3, -0.25) is 9.59 Å². The number of rotatable bonds is 6. The number of anilines is 3. The molecule has 3 saturated heterocycles. The molecule has 214 valence electrons. The van der Waals surface area contributed by atoms with E-state index in [-0.39, 0.29) is 29.8 Å². The molecule has 0 saturated carbocycles. The Morgan fingerprint density at radius 3 is 2.41 bits per heavy atom. The van der Waals surface area contributed by atoms with E-state index in [1.165, 1.54) is 0 Å². The number of amides is 1. The van der Waals surface area contributed by atoms with E-state index in [0.29, 0.717) is 67.5 Å². The first-order chi connectivity index (χ1) is 19.8. The lowest BCUT2D eigenvalue weighted by Crippen LogP contribution is -2.54. The standard InChI is InChI=1S/C29H34N8O4/c1-2-19-11-17(28(40)41)9-10-36(19)27(39)18-13-31-29(32-14-18)37-20-7-8-21(37)16-35(15-20)24-12-23(33-34-26(24)30)22-5-3-4-6-25(22)38/h3-6,12-14,17,19-21,38H,2,7-11,15-16H2,1H3,(H2,30,34)(H,40,41). The van der Waals surface area contributed by atoms with Crippen molar-refractivity contribution in [2.45, 2.75) is 57.2 Å². The highest BCUT2D eigenvalue weighted by Crippen LogP contribution is 2.38. The molecule has 3 aliphatic heterocycles. The number of nitrogens with zero attached hydrogens (tertiary/aromatic N) is 7. The number of nitrogen functional groups attached to an aromatic ring is 1. The maximum absolute atomic E-state index is 13.3. The number of benzene rings is 1. The molecule has 4 N–H and O–H groups in total. The van der Waals surface area contributed by atoms with E-state index in [1.54, 1.807) is 35.5 Å². The monoisotopic (exact) mass is 558 g/mol. The van der Waals surface area contributed by atoms with Crippen LogP contribution in [0.4, 0.5) is 17.5 Å². The summed E-state index contributed by atoms with van der Waals surface area (Å²) < 4.78 is 0. The lowest BCUT2D eigenvalue weighted by molar-refractivity contribution is -0.143. The molecule has 41 heavy (non-hydrogen) atoms. The molecule has 0 aliphatic carbocycles. The van der Waals surface area contributed by atoms with Crippen LogP contribution in [0.2, 0.25) is 0 Å².